The lowest BCUT2D eigenvalue weighted by atomic mass is 10.0. The number of rotatable bonds is 7. The highest BCUT2D eigenvalue weighted by atomic mass is 35.5. The summed E-state index contributed by atoms with van der Waals surface area (Å²) in [6, 6.07) is 12.7. The van der Waals surface area contributed by atoms with E-state index < -0.39 is 17.2 Å². The summed E-state index contributed by atoms with van der Waals surface area (Å²) in [7, 11) is 0. The number of aromatic nitrogens is 2. The van der Waals surface area contributed by atoms with Crippen molar-refractivity contribution in [2.45, 2.75) is 59.6 Å². The molecule has 0 aliphatic rings. The monoisotopic (exact) mass is 598 g/mol. The van der Waals surface area contributed by atoms with Crippen molar-refractivity contribution in [3.8, 4) is 28.8 Å². The average molecular weight is 600 g/mol. The van der Waals surface area contributed by atoms with Crippen molar-refractivity contribution < 1.29 is 19.1 Å². The van der Waals surface area contributed by atoms with Crippen molar-refractivity contribution in [2.24, 2.45) is 0 Å². The van der Waals surface area contributed by atoms with E-state index in [1.165, 1.54) is 0 Å². The predicted octanol–water partition coefficient (Wildman–Crippen LogP) is 6.58. The Labute approximate surface area is 251 Å². The fourth-order valence-electron chi connectivity index (χ4n) is 3.79. The van der Waals surface area contributed by atoms with E-state index in [1.807, 2.05) is 52.0 Å². The molecule has 10 heteroatoms. The molecule has 8 nitrogen and oxygen atoms in total. The van der Waals surface area contributed by atoms with Crippen molar-refractivity contribution in [1.29, 1.82) is 0 Å². The van der Waals surface area contributed by atoms with Gasteiger partial charge in [-0.15, -0.1) is 0 Å². The van der Waals surface area contributed by atoms with Crippen LogP contribution in [0.4, 0.5) is 4.79 Å². The van der Waals surface area contributed by atoms with Crippen molar-refractivity contribution in [3.05, 3.63) is 69.3 Å². The molecule has 0 fully saturated rings. The van der Waals surface area contributed by atoms with Gasteiger partial charge in [-0.1, -0.05) is 47.2 Å². The Balaban J connectivity index is 1.77. The molecule has 0 bridgehead atoms. The Morgan fingerprint density at radius 2 is 1.71 bits per heavy atom. The number of hydrogen-bond acceptors (Lipinski definition) is 5. The second-order valence-corrected chi connectivity index (χ2v) is 12.2. The summed E-state index contributed by atoms with van der Waals surface area (Å²) in [5, 5.41) is 11.3. The molecule has 0 spiro atoms. The SMILES string of the molecule is Cc1c(C(=O)NC(C)(C)C)nn(-c2ccc(C#CCOCCNC(=O)OC(C)(C)C)cc2Cl)c1-c1ccc(Cl)cc1. The molecule has 0 aliphatic carbocycles. The third-order valence-corrected chi connectivity index (χ3v) is 6.00. The van der Waals surface area contributed by atoms with Crippen LogP contribution in [0, 0.1) is 18.8 Å². The second-order valence-electron chi connectivity index (χ2n) is 11.4. The van der Waals surface area contributed by atoms with E-state index >= 15 is 0 Å². The summed E-state index contributed by atoms with van der Waals surface area (Å²) in [4.78, 5) is 24.8. The van der Waals surface area contributed by atoms with Gasteiger partial charge in [-0.05, 0) is 78.8 Å². The maximum Gasteiger partial charge on any atom is 0.407 e. The van der Waals surface area contributed by atoms with E-state index in [-0.39, 0.29) is 12.5 Å². The summed E-state index contributed by atoms with van der Waals surface area (Å²) in [6.45, 7) is 13.8. The second kappa shape index (κ2) is 13.4. The number of carbonyl (C=O) groups excluding carboxylic acids is 2. The molecule has 1 aromatic heterocycles. The molecule has 3 rings (SSSR count). The van der Waals surface area contributed by atoms with Crippen molar-refractivity contribution >= 4 is 35.2 Å². The largest absolute Gasteiger partial charge is 0.444 e. The Hall–Kier alpha value is -3.51. The highest BCUT2D eigenvalue weighted by molar-refractivity contribution is 6.32. The summed E-state index contributed by atoms with van der Waals surface area (Å²) >= 11 is 12.8. The summed E-state index contributed by atoms with van der Waals surface area (Å²) in [6.07, 6.45) is -0.490. The van der Waals surface area contributed by atoms with E-state index in [4.69, 9.17) is 32.7 Å². The minimum absolute atomic E-state index is 0.181. The van der Waals surface area contributed by atoms with Crippen LogP contribution in [0.5, 0.6) is 0 Å². The van der Waals surface area contributed by atoms with Crippen molar-refractivity contribution in [2.75, 3.05) is 19.8 Å². The standard InChI is InChI=1S/C31H36Cl2N4O4/c1-20-26(28(38)35-30(2,3)4)36-37(27(20)22-11-13-23(32)14-12-22)25-15-10-21(19-24(25)33)9-8-17-40-18-16-34-29(39)41-31(5,6)7/h10-15,19H,16-18H2,1-7H3,(H,34,39)(H,35,38). The molecule has 2 N–H and O–H groups in total. The summed E-state index contributed by atoms with van der Waals surface area (Å²) in [5.74, 6) is 5.70. The number of carbonyl (C=O) groups is 2. The van der Waals surface area contributed by atoms with Gasteiger partial charge in [0, 0.05) is 33.8 Å². The van der Waals surface area contributed by atoms with E-state index in [1.54, 1.807) is 43.7 Å². The van der Waals surface area contributed by atoms with E-state index in [9.17, 15) is 9.59 Å². The number of benzene rings is 2. The molecule has 0 aliphatic heterocycles. The molecule has 0 saturated heterocycles. The van der Waals surface area contributed by atoms with Crippen LogP contribution in [0.2, 0.25) is 10.0 Å². The zero-order valence-corrected chi connectivity index (χ0v) is 26.0. The van der Waals surface area contributed by atoms with Crippen molar-refractivity contribution in [1.82, 2.24) is 20.4 Å². The van der Waals surface area contributed by atoms with Crippen LogP contribution in [0.15, 0.2) is 42.5 Å². The lowest BCUT2D eigenvalue weighted by molar-refractivity contribution is 0.0506. The van der Waals surface area contributed by atoms with Gasteiger partial charge in [0.2, 0.25) is 0 Å². The fourth-order valence-corrected chi connectivity index (χ4v) is 4.18. The normalized spacial score (nSPS) is 11.4. The van der Waals surface area contributed by atoms with Crippen LogP contribution in [0.25, 0.3) is 16.9 Å². The molecule has 0 saturated carbocycles. The first kappa shape index (κ1) is 32.0. The molecular weight excluding hydrogens is 563 g/mol. The summed E-state index contributed by atoms with van der Waals surface area (Å²) in [5.41, 5.74) is 2.91. The first-order chi connectivity index (χ1) is 19.1. The van der Waals surface area contributed by atoms with Crippen LogP contribution in [-0.2, 0) is 9.47 Å². The molecule has 0 unspecified atom stereocenters. The molecule has 0 radical (unpaired) electrons. The van der Waals surface area contributed by atoms with Crippen LogP contribution in [0.3, 0.4) is 0 Å². The molecule has 41 heavy (non-hydrogen) atoms. The van der Waals surface area contributed by atoms with Crippen LogP contribution in [0.1, 0.15) is 63.2 Å². The van der Waals surface area contributed by atoms with Crippen LogP contribution in [-0.4, -0.2) is 52.7 Å². The average Bonchev–Trinajstić information content (AvgIpc) is 3.18. The van der Waals surface area contributed by atoms with E-state index in [2.05, 4.69) is 27.6 Å². The number of hydrogen-bond donors (Lipinski definition) is 2. The van der Waals surface area contributed by atoms with Gasteiger partial charge < -0.3 is 20.1 Å². The van der Waals surface area contributed by atoms with E-state index in [0.29, 0.717) is 45.7 Å². The number of amides is 2. The smallest absolute Gasteiger partial charge is 0.407 e. The van der Waals surface area contributed by atoms with Gasteiger partial charge in [-0.3, -0.25) is 4.79 Å². The quantitative estimate of drug-likeness (QED) is 0.237. The zero-order valence-electron chi connectivity index (χ0n) is 24.4. The minimum atomic E-state index is -0.552. The molecule has 3 aromatic rings. The highest BCUT2D eigenvalue weighted by Crippen LogP contribution is 2.32. The van der Waals surface area contributed by atoms with Crippen LogP contribution < -0.4 is 10.6 Å². The third kappa shape index (κ3) is 9.53. The van der Waals surface area contributed by atoms with Gasteiger partial charge in [0.05, 0.1) is 23.0 Å². The third-order valence-electron chi connectivity index (χ3n) is 5.44. The number of nitrogens with zero attached hydrogens (tertiary/aromatic N) is 2. The molecule has 2 aromatic carbocycles. The topological polar surface area (TPSA) is 94.5 Å². The number of nitrogens with one attached hydrogen (secondary N) is 2. The van der Waals surface area contributed by atoms with E-state index in [0.717, 1.165) is 11.3 Å². The lowest BCUT2D eigenvalue weighted by Crippen LogP contribution is -2.41. The zero-order chi connectivity index (χ0) is 30.4. The van der Waals surface area contributed by atoms with Gasteiger partial charge >= 0.3 is 6.09 Å². The maximum atomic E-state index is 13.1. The predicted molar refractivity (Wildman–Crippen MR) is 163 cm³/mol. The maximum absolute atomic E-state index is 13.1. The first-order valence-electron chi connectivity index (χ1n) is 13.2. The number of halogens is 2. The molecular formula is C31H36Cl2N4O4. The van der Waals surface area contributed by atoms with Gasteiger partial charge in [0.1, 0.15) is 12.2 Å². The summed E-state index contributed by atoms with van der Waals surface area (Å²) < 4.78 is 12.3. The van der Waals surface area contributed by atoms with Gasteiger partial charge in [0.25, 0.3) is 5.91 Å². The Bertz CT molecular complexity index is 1460. The van der Waals surface area contributed by atoms with Gasteiger partial charge in [-0.2, -0.15) is 5.10 Å². The fraction of sp³-hybridized carbons (Fsp3) is 0.387. The lowest BCUT2D eigenvalue weighted by Gasteiger charge is -2.19. The molecule has 218 valence electrons. The Morgan fingerprint density at radius 3 is 2.32 bits per heavy atom. The first-order valence-corrected chi connectivity index (χ1v) is 13.9. The molecule has 0 atom stereocenters. The van der Waals surface area contributed by atoms with Gasteiger partial charge in [-0.25, -0.2) is 9.48 Å². The Kier molecular flexibility index (Phi) is 10.5. The van der Waals surface area contributed by atoms with Crippen molar-refractivity contribution in [3.63, 3.8) is 0 Å². The Morgan fingerprint density at radius 1 is 1.02 bits per heavy atom. The highest BCUT2D eigenvalue weighted by Gasteiger charge is 2.25. The number of ether oxygens (including phenoxy) is 2. The van der Waals surface area contributed by atoms with Crippen LogP contribution >= 0.6 is 23.2 Å². The molecule has 2 amide bonds. The molecule has 1 heterocycles. The number of alkyl carbamates (subject to hydrolysis) is 1. The minimum Gasteiger partial charge on any atom is -0.444 e. The van der Waals surface area contributed by atoms with Gasteiger partial charge in [0.15, 0.2) is 5.69 Å².